The molecule has 0 aromatic rings. The number of rotatable bonds is 0. The molecule has 0 bridgehead atoms. The summed E-state index contributed by atoms with van der Waals surface area (Å²) in [6, 6.07) is 0. The molecule has 1 N–H and O–H groups in total. The van der Waals surface area contributed by atoms with Crippen molar-refractivity contribution in [3.63, 3.8) is 0 Å². The number of fused-ring (bicyclic) bond motifs is 4. The van der Waals surface area contributed by atoms with Gasteiger partial charge in [0.15, 0.2) is 0 Å². The summed E-state index contributed by atoms with van der Waals surface area (Å²) in [5, 5.41) is 10.5. The Labute approximate surface area is 123 Å². The Hall–Kier alpha value is -0.560. The molecule has 2 saturated carbocycles. The van der Waals surface area contributed by atoms with Crippen molar-refractivity contribution in [3.05, 3.63) is 22.8 Å². The van der Waals surface area contributed by atoms with E-state index in [0.717, 1.165) is 18.3 Å². The SMILES string of the molecule is C[C@H]1C[C@]2(C)[C@@H](O)CC[C@H]2[C@@H]2CCC3=CCCCC3=C21. The molecule has 110 valence electrons. The first-order valence-corrected chi connectivity index (χ1v) is 8.71. The van der Waals surface area contributed by atoms with E-state index < -0.39 is 0 Å². The molecule has 4 rings (SSSR count). The zero-order chi connectivity index (χ0) is 13.9. The van der Waals surface area contributed by atoms with Gasteiger partial charge in [-0.15, -0.1) is 0 Å². The first kappa shape index (κ1) is 13.1. The monoisotopic (exact) mass is 272 g/mol. The van der Waals surface area contributed by atoms with Crippen LogP contribution in [-0.4, -0.2) is 11.2 Å². The van der Waals surface area contributed by atoms with Crippen LogP contribution >= 0.6 is 0 Å². The molecule has 0 aromatic heterocycles. The van der Waals surface area contributed by atoms with Gasteiger partial charge in [0.25, 0.3) is 0 Å². The molecule has 0 aromatic carbocycles. The van der Waals surface area contributed by atoms with Crippen molar-refractivity contribution in [2.45, 2.75) is 71.3 Å². The summed E-state index contributed by atoms with van der Waals surface area (Å²) in [6.07, 6.45) is 12.6. The Morgan fingerprint density at radius 1 is 1.20 bits per heavy atom. The van der Waals surface area contributed by atoms with Crippen molar-refractivity contribution in [1.29, 1.82) is 0 Å². The quantitative estimate of drug-likeness (QED) is 0.682. The fourth-order valence-electron chi connectivity index (χ4n) is 6.15. The van der Waals surface area contributed by atoms with E-state index in [0.29, 0.717) is 5.92 Å². The highest BCUT2D eigenvalue weighted by molar-refractivity contribution is 5.43. The molecule has 4 aliphatic rings. The van der Waals surface area contributed by atoms with Crippen LogP contribution in [0.3, 0.4) is 0 Å². The molecule has 4 aliphatic carbocycles. The Morgan fingerprint density at radius 2 is 2.05 bits per heavy atom. The largest absolute Gasteiger partial charge is 0.393 e. The fraction of sp³-hybridized carbons (Fsp3) is 0.789. The standard InChI is InChI=1S/C19H28O/c1-12-11-19(2)16(9-10-17(19)20)15-8-7-13-5-3-4-6-14(13)18(12)15/h5,12,15-17,20H,3-4,6-11H2,1-2H3/t12-,15-,16-,17-,19-/m0/s1. The van der Waals surface area contributed by atoms with Crippen LogP contribution in [0.25, 0.3) is 0 Å². The highest BCUT2D eigenvalue weighted by Gasteiger charge is 2.54. The van der Waals surface area contributed by atoms with Gasteiger partial charge in [0.1, 0.15) is 0 Å². The number of allylic oxidation sites excluding steroid dienone is 4. The maximum absolute atomic E-state index is 10.5. The van der Waals surface area contributed by atoms with Crippen LogP contribution in [0.1, 0.15) is 65.2 Å². The van der Waals surface area contributed by atoms with Crippen molar-refractivity contribution in [3.8, 4) is 0 Å². The predicted molar refractivity (Wildman–Crippen MR) is 82.3 cm³/mol. The van der Waals surface area contributed by atoms with Gasteiger partial charge < -0.3 is 5.11 Å². The molecule has 2 fully saturated rings. The number of aliphatic hydroxyl groups is 1. The molecule has 1 heteroatoms. The van der Waals surface area contributed by atoms with Crippen molar-refractivity contribution < 1.29 is 5.11 Å². The van der Waals surface area contributed by atoms with Gasteiger partial charge in [0.2, 0.25) is 0 Å². The van der Waals surface area contributed by atoms with Gasteiger partial charge in [-0.2, -0.15) is 0 Å². The minimum atomic E-state index is -0.0511. The zero-order valence-electron chi connectivity index (χ0n) is 13.0. The lowest BCUT2D eigenvalue weighted by molar-refractivity contribution is -0.0105. The average Bonchev–Trinajstić information content (AvgIpc) is 2.74. The van der Waals surface area contributed by atoms with Crippen LogP contribution in [0.2, 0.25) is 0 Å². The normalized spacial score (nSPS) is 47.5. The van der Waals surface area contributed by atoms with E-state index in [1.807, 2.05) is 5.57 Å². The van der Waals surface area contributed by atoms with E-state index in [9.17, 15) is 5.11 Å². The minimum Gasteiger partial charge on any atom is -0.393 e. The van der Waals surface area contributed by atoms with Crippen LogP contribution in [0.5, 0.6) is 0 Å². The molecule has 0 saturated heterocycles. The van der Waals surface area contributed by atoms with Crippen LogP contribution < -0.4 is 0 Å². The Balaban J connectivity index is 1.79. The molecule has 1 nitrogen and oxygen atoms in total. The second-order valence-electron chi connectivity index (χ2n) is 8.01. The molecule has 0 aliphatic heterocycles. The van der Waals surface area contributed by atoms with E-state index in [1.54, 1.807) is 11.1 Å². The third kappa shape index (κ3) is 1.65. The highest BCUT2D eigenvalue weighted by atomic mass is 16.3. The van der Waals surface area contributed by atoms with Crippen LogP contribution in [0.15, 0.2) is 22.8 Å². The van der Waals surface area contributed by atoms with E-state index >= 15 is 0 Å². The van der Waals surface area contributed by atoms with Crippen LogP contribution in [0, 0.1) is 23.2 Å². The molecular weight excluding hydrogens is 244 g/mol. The van der Waals surface area contributed by atoms with Crippen molar-refractivity contribution in [2.24, 2.45) is 23.2 Å². The summed E-state index contributed by atoms with van der Waals surface area (Å²) in [6.45, 7) is 4.80. The molecular formula is C19H28O. The number of hydrogen-bond donors (Lipinski definition) is 1. The zero-order valence-corrected chi connectivity index (χ0v) is 13.0. The maximum atomic E-state index is 10.5. The van der Waals surface area contributed by atoms with Crippen molar-refractivity contribution >= 4 is 0 Å². The third-order valence-corrected chi connectivity index (χ3v) is 7.00. The predicted octanol–water partition coefficient (Wildman–Crippen LogP) is 4.62. The summed E-state index contributed by atoms with van der Waals surface area (Å²) >= 11 is 0. The van der Waals surface area contributed by atoms with E-state index in [-0.39, 0.29) is 11.5 Å². The average molecular weight is 272 g/mol. The Morgan fingerprint density at radius 3 is 2.90 bits per heavy atom. The summed E-state index contributed by atoms with van der Waals surface area (Å²) in [5.41, 5.74) is 5.46. The lowest BCUT2D eigenvalue weighted by Crippen LogP contribution is -2.44. The third-order valence-electron chi connectivity index (χ3n) is 7.00. The number of aliphatic hydroxyl groups excluding tert-OH is 1. The molecule has 0 unspecified atom stereocenters. The molecule has 0 spiro atoms. The topological polar surface area (TPSA) is 20.2 Å². The lowest BCUT2D eigenvalue weighted by atomic mass is 9.54. The van der Waals surface area contributed by atoms with E-state index in [1.165, 1.54) is 44.9 Å². The molecule has 0 radical (unpaired) electrons. The van der Waals surface area contributed by atoms with Crippen LogP contribution in [0.4, 0.5) is 0 Å². The van der Waals surface area contributed by atoms with Crippen molar-refractivity contribution in [2.75, 3.05) is 0 Å². The summed E-state index contributed by atoms with van der Waals surface area (Å²) in [4.78, 5) is 0. The maximum Gasteiger partial charge on any atom is 0.0597 e. The Kier molecular flexibility index (Phi) is 2.93. The van der Waals surface area contributed by atoms with Crippen LogP contribution in [-0.2, 0) is 0 Å². The van der Waals surface area contributed by atoms with Gasteiger partial charge in [0, 0.05) is 0 Å². The van der Waals surface area contributed by atoms with Gasteiger partial charge in [-0.25, -0.2) is 0 Å². The second kappa shape index (κ2) is 4.47. The smallest absolute Gasteiger partial charge is 0.0597 e. The molecule has 0 heterocycles. The van der Waals surface area contributed by atoms with Gasteiger partial charge in [0.05, 0.1) is 6.10 Å². The fourth-order valence-corrected chi connectivity index (χ4v) is 6.15. The first-order chi connectivity index (χ1) is 9.61. The van der Waals surface area contributed by atoms with E-state index in [2.05, 4.69) is 19.9 Å². The minimum absolute atomic E-state index is 0.0511. The molecule has 5 atom stereocenters. The summed E-state index contributed by atoms with van der Waals surface area (Å²) in [7, 11) is 0. The van der Waals surface area contributed by atoms with Crippen molar-refractivity contribution in [1.82, 2.24) is 0 Å². The van der Waals surface area contributed by atoms with Gasteiger partial charge in [-0.05, 0) is 85.7 Å². The van der Waals surface area contributed by atoms with Gasteiger partial charge >= 0.3 is 0 Å². The Bertz CT molecular complexity index is 486. The lowest BCUT2D eigenvalue weighted by Gasteiger charge is -2.51. The van der Waals surface area contributed by atoms with Gasteiger partial charge in [-0.3, -0.25) is 0 Å². The molecule has 20 heavy (non-hydrogen) atoms. The number of hydrogen-bond acceptors (Lipinski definition) is 1. The first-order valence-electron chi connectivity index (χ1n) is 8.71. The summed E-state index contributed by atoms with van der Waals surface area (Å²) < 4.78 is 0. The summed E-state index contributed by atoms with van der Waals surface area (Å²) in [5.74, 6) is 2.22. The highest BCUT2D eigenvalue weighted by Crippen LogP contribution is 2.61. The van der Waals surface area contributed by atoms with Gasteiger partial charge in [-0.1, -0.05) is 25.5 Å². The van der Waals surface area contributed by atoms with E-state index in [4.69, 9.17) is 0 Å². The second-order valence-corrected chi connectivity index (χ2v) is 8.01. The molecule has 0 amide bonds.